The van der Waals surface area contributed by atoms with Gasteiger partial charge in [-0.15, -0.1) is 0 Å². The van der Waals surface area contributed by atoms with E-state index in [0.717, 1.165) is 12.3 Å². The predicted octanol–water partition coefficient (Wildman–Crippen LogP) is -1.68. The van der Waals surface area contributed by atoms with Crippen molar-refractivity contribution in [2.75, 3.05) is 12.3 Å². The summed E-state index contributed by atoms with van der Waals surface area (Å²) in [6.45, 7) is -3.61. The number of aliphatic hydroxyl groups excluding tert-OH is 1. The average molecular weight is 543 g/mol. The molecule has 6 atom stereocenters. The molecule has 17 nitrogen and oxygen atoms in total. The highest BCUT2D eigenvalue weighted by atomic mass is 35.5. The Bertz CT molecular complexity index is 1220. The third-order valence-electron chi connectivity index (χ3n) is 3.53. The Hall–Kier alpha value is -1.18. The van der Waals surface area contributed by atoms with E-state index in [1.807, 2.05) is 5.38 Å². The summed E-state index contributed by atoms with van der Waals surface area (Å²) in [5.41, 5.74) is 7.93. The van der Waals surface area contributed by atoms with Crippen LogP contribution in [-0.4, -0.2) is 58.5 Å². The first-order valence-corrected chi connectivity index (χ1v) is 12.6. The quantitative estimate of drug-likeness (QED) is 0.143. The van der Waals surface area contributed by atoms with Crippen LogP contribution in [0, 0.1) is 11.3 Å². The number of aliphatic hydroxyl groups is 1. The van der Waals surface area contributed by atoms with Gasteiger partial charge in [-0.3, -0.25) is 9.09 Å². The Morgan fingerprint density at radius 2 is 1.94 bits per heavy atom. The molecule has 0 aliphatic carbocycles. The van der Waals surface area contributed by atoms with E-state index in [1.54, 1.807) is 0 Å². The largest absolute Gasteiger partial charge is 0.490 e. The molecule has 1 aliphatic heterocycles. The SMILES string of the molecule is [2H]C([2H])(OP(=O)(O)OP(=O)(O)OP(=O)(O)O)[C@H]1O[C@@H](n2ccc(N)nc2=O)C(N)(C#CCl)[C@H]1O. The van der Waals surface area contributed by atoms with E-state index in [0.29, 0.717) is 4.57 Å². The molecule has 9 N–H and O–H groups in total. The van der Waals surface area contributed by atoms with Crippen LogP contribution in [0.25, 0.3) is 0 Å². The summed E-state index contributed by atoms with van der Waals surface area (Å²) in [5.74, 6) is 1.90. The van der Waals surface area contributed by atoms with Crippen molar-refractivity contribution >= 4 is 40.9 Å². The first-order valence-electron chi connectivity index (χ1n) is 8.67. The van der Waals surface area contributed by atoms with E-state index in [9.17, 15) is 33.4 Å². The maximum absolute atomic E-state index is 12.2. The third-order valence-corrected chi connectivity index (χ3v) is 7.29. The Morgan fingerprint density at radius 3 is 2.47 bits per heavy atom. The Balaban J connectivity index is 2.40. The number of anilines is 1. The molecule has 2 heterocycles. The number of phosphoric acid groups is 3. The lowest BCUT2D eigenvalue weighted by molar-refractivity contribution is -0.0467. The van der Waals surface area contributed by atoms with Gasteiger partial charge in [-0.05, 0) is 17.7 Å². The smallest absolute Gasteiger partial charge is 0.387 e. The second-order valence-corrected chi connectivity index (χ2v) is 10.4. The fourth-order valence-electron chi connectivity index (χ4n) is 2.35. The number of aromatic nitrogens is 2. The molecule has 0 spiro atoms. The highest BCUT2D eigenvalue weighted by Crippen LogP contribution is 2.66. The van der Waals surface area contributed by atoms with Crippen LogP contribution in [0.2, 0.25) is 0 Å². The van der Waals surface area contributed by atoms with E-state index in [2.05, 4.69) is 24.0 Å². The minimum absolute atomic E-state index is 0.217. The summed E-state index contributed by atoms with van der Waals surface area (Å²) in [7, 11) is -17.7. The minimum Gasteiger partial charge on any atom is -0.387 e. The molecule has 3 unspecified atom stereocenters. The fourth-order valence-corrected chi connectivity index (χ4v) is 5.39. The van der Waals surface area contributed by atoms with Gasteiger partial charge in [0.1, 0.15) is 18.0 Å². The summed E-state index contributed by atoms with van der Waals surface area (Å²) in [6.07, 6.45) is -5.44. The molecule has 1 saturated heterocycles. The topological polar surface area (TPSA) is 276 Å². The number of nitrogens with zero attached hydrogens (tertiary/aromatic N) is 2. The maximum Gasteiger partial charge on any atom is 0.490 e. The molecular formula is C11H16ClN4O13P3. The molecule has 0 bridgehead atoms. The van der Waals surface area contributed by atoms with E-state index < -0.39 is 59.7 Å². The molecule has 0 amide bonds. The number of hydrogen-bond donors (Lipinski definition) is 7. The summed E-state index contributed by atoms with van der Waals surface area (Å²) < 4.78 is 66.9. The van der Waals surface area contributed by atoms with Crippen molar-refractivity contribution in [2.24, 2.45) is 5.73 Å². The lowest BCUT2D eigenvalue weighted by Gasteiger charge is -2.27. The van der Waals surface area contributed by atoms with Gasteiger partial charge in [-0.1, -0.05) is 5.92 Å². The van der Waals surface area contributed by atoms with Gasteiger partial charge in [0.2, 0.25) is 0 Å². The van der Waals surface area contributed by atoms with Crippen LogP contribution in [0.3, 0.4) is 0 Å². The summed E-state index contributed by atoms with van der Waals surface area (Å²) in [5, 5.41) is 12.4. The van der Waals surface area contributed by atoms with Crippen LogP contribution in [-0.2, 0) is 31.6 Å². The third kappa shape index (κ3) is 6.67. The molecule has 1 fully saturated rings. The number of ether oxygens (including phenoxy) is 1. The summed E-state index contributed by atoms with van der Waals surface area (Å²) in [4.78, 5) is 51.5. The summed E-state index contributed by atoms with van der Waals surface area (Å²) in [6, 6.07) is 1.11. The number of rotatable bonds is 8. The highest BCUT2D eigenvalue weighted by molar-refractivity contribution is 7.66. The Morgan fingerprint density at radius 1 is 1.31 bits per heavy atom. The zero-order valence-electron chi connectivity index (χ0n) is 17.2. The molecule has 0 aromatic carbocycles. The number of nitrogen functional groups attached to an aromatic ring is 1. The molecule has 1 aromatic rings. The molecule has 0 radical (unpaired) electrons. The summed E-state index contributed by atoms with van der Waals surface area (Å²) >= 11 is 5.35. The molecule has 21 heteroatoms. The van der Waals surface area contributed by atoms with Gasteiger partial charge < -0.3 is 40.9 Å². The molecule has 180 valence electrons. The van der Waals surface area contributed by atoms with E-state index >= 15 is 0 Å². The van der Waals surface area contributed by atoms with Crippen LogP contribution in [0.1, 0.15) is 8.97 Å². The van der Waals surface area contributed by atoms with Gasteiger partial charge in [0, 0.05) is 11.6 Å². The first kappa shape index (κ1) is 24.0. The molecule has 32 heavy (non-hydrogen) atoms. The van der Waals surface area contributed by atoms with Gasteiger partial charge in [0.25, 0.3) is 0 Å². The number of halogens is 1. The predicted molar refractivity (Wildman–Crippen MR) is 103 cm³/mol. The van der Waals surface area contributed by atoms with Crippen molar-refractivity contribution in [2.45, 2.75) is 24.0 Å². The highest BCUT2D eigenvalue weighted by Gasteiger charge is 2.55. The van der Waals surface area contributed by atoms with Crippen LogP contribution < -0.4 is 17.2 Å². The van der Waals surface area contributed by atoms with E-state index in [1.165, 1.54) is 0 Å². The number of hydrogen-bond acceptors (Lipinski definition) is 12. The van der Waals surface area contributed by atoms with Crippen molar-refractivity contribution in [1.82, 2.24) is 9.55 Å². The van der Waals surface area contributed by atoms with Gasteiger partial charge in [0.05, 0.1) is 9.30 Å². The van der Waals surface area contributed by atoms with Gasteiger partial charge in [0.15, 0.2) is 11.8 Å². The second kappa shape index (κ2) is 9.59. The van der Waals surface area contributed by atoms with Crippen molar-refractivity contribution in [3.8, 4) is 11.3 Å². The molecule has 1 aliphatic rings. The molecule has 0 saturated carbocycles. The van der Waals surface area contributed by atoms with Crippen LogP contribution in [0.15, 0.2) is 17.1 Å². The second-order valence-electron chi connectivity index (χ2n) is 5.85. The van der Waals surface area contributed by atoms with Crippen molar-refractivity contribution in [1.29, 1.82) is 0 Å². The Kier molecular flexibility index (Phi) is 7.18. The number of nitrogens with two attached hydrogens (primary N) is 2. The zero-order valence-corrected chi connectivity index (χ0v) is 18.6. The van der Waals surface area contributed by atoms with Gasteiger partial charge in [-0.2, -0.15) is 13.6 Å². The van der Waals surface area contributed by atoms with Crippen LogP contribution in [0.4, 0.5) is 5.82 Å². The van der Waals surface area contributed by atoms with Crippen molar-refractivity contribution in [3.05, 3.63) is 22.7 Å². The van der Waals surface area contributed by atoms with E-state index in [4.69, 9.17) is 40.3 Å². The lowest BCUT2D eigenvalue weighted by atomic mass is 9.92. The average Bonchev–Trinajstić information content (AvgIpc) is 2.83. The monoisotopic (exact) mass is 542 g/mol. The Labute approximate surface area is 186 Å². The minimum atomic E-state index is -6.01. The molecule has 1 aromatic heterocycles. The van der Waals surface area contributed by atoms with Crippen molar-refractivity contribution < 1.29 is 59.0 Å². The van der Waals surface area contributed by atoms with Crippen molar-refractivity contribution in [3.63, 3.8) is 0 Å². The first-order chi connectivity index (χ1) is 15.2. The lowest BCUT2D eigenvalue weighted by Crippen LogP contribution is -2.55. The standard InChI is InChI=1S/C11H16ClN4O13P3/c12-3-2-11(14)8(17)6(27-9(11)16-4-1-7(13)15-10(16)18)5-26-31(22,23)29-32(24,25)28-30(19,20)21/h1,4,6,8-9,17H,5,14H2,(H,22,23)(H,24,25)(H2,13,15,18)(H2,19,20,21)/t6-,8+,9-,11?/m1/s1/i5D2. The zero-order chi connectivity index (χ0) is 26.3. The van der Waals surface area contributed by atoms with Crippen LogP contribution in [0.5, 0.6) is 0 Å². The normalized spacial score (nSPS) is 30.9. The fraction of sp³-hybridized carbons (Fsp3) is 0.455. The molecule has 2 rings (SSSR count). The molecular weight excluding hydrogens is 525 g/mol. The maximum atomic E-state index is 12.2. The number of phosphoric ester groups is 1. The van der Waals surface area contributed by atoms with Gasteiger partial charge in [-0.25, -0.2) is 18.5 Å². The van der Waals surface area contributed by atoms with Crippen LogP contribution >= 0.6 is 35.1 Å². The van der Waals surface area contributed by atoms with Gasteiger partial charge >= 0.3 is 29.2 Å². The van der Waals surface area contributed by atoms with E-state index in [-0.39, 0.29) is 5.82 Å².